The van der Waals surface area contributed by atoms with E-state index < -0.39 is 22.2 Å². The highest BCUT2D eigenvalue weighted by Crippen LogP contribution is 2.36. The van der Waals surface area contributed by atoms with Crippen LogP contribution in [0.3, 0.4) is 0 Å². The minimum atomic E-state index is -1.47. The fourth-order valence-electron chi connectivity index (χ4n) is 2.14. The van der Waals surface area contributed by atoms with E-state index in [1.54, 1.807) is 0 Å². The van der Waals surface area contributed by atoms with Crippen molar-refractivity contribution in [2.75, 3.05) is 18.0 Å². The topological polar surface area (TPSA) is 110 Å². The Labute approximate surface area is 121 Å². The molecular weight excluding hydrogens is 337 g/mol. The van der Waals surface area contributed by atoms with Crippen molar-refractivity contribution < 1.29 is 19.2 Å². The predicted molar refractivity (Wildman–Crippen MR) is 72.1 cm³/mol. The second kappa shape index (κ2) is 4.98. The lowest BCUT2D eigenvalue weighted by Crippen LogP contribution is -2.50. The van der Waals surface area contributed by atoms with Gasteiger partial charge < -0.3 is 15.7 Å². The number of carbonyl (C=O) groups is 1. The maximum absolute atomic E-state index is 13.6. The molecule has 0 bridgehead atoms. The van der Waals surface area contributed by atoms with Crippen molar-refractivity contribution in [2.24, 2.45) is 5.73 Å². The van der Waals surface area contributed by atoms with Crippen molar-refractivity contribution in [3.8, 4) is 0 Å². The number of nitrogens with two attached hydrogens (primary N) is 1. The monoisotopic (exact) mass is 347 g/mol. The summed E-state index contributed by atoms with van der Waals surface area (Å²) in [5.41, 5.74) is 3.97. The maximum atomic E-state index is 13.6. The SMILES string of the molecule is NC1(C(=O)O)CCN(c2cc(F)c(Br)cc2[N+](=O)[O-])C1. The minimum absolute atomic E-state index is 0.0237. The van der Waals surface area contributed by atoms with E-state index in [-0.39, 0.29) is 35.4 Å². The summed E-state index contributed by atoms with van der Waals surface area (Å²) in [5.74, 6) is -1.84. The van der Waals surface area contributed by atoms with E-state index in [4.69, 9.17) is 10.8 Å². The number of nitrogens with zero attached hydrogens (tertiary/aromatic N) is 2. The summed E-state index contributed by atoms with van der Waals surface area (Å²) in [4.78, 5) is 22.9. The van der Waals surface area contributed by atoms with E-state index in [9.17, 15) is 19.3 Å². The molecule has 1 aliphatic rings. The average molecular weight is 348 g/mol. The van der Waals surface area contributed by atoms with Crippen LogP contribution in [0.5, 0.6) is 0 Å². The third kappa shape index (κ3) is 2.46. The molecule has 1 aromatic rings. The van der Waals surface area contributed by atoms with Gasteiger partial charge in [0.15, 0.2) is 0 Å². The van der Waals surface area contributed by atoms with E-state index in [0.29, 0.717) is 0 Å². The number of nitro benzene ring substituents is 1. The number of anilines is 1. The molecule has 7 nitrogen and oxygen atoms in total. The molecule has 3 N–H and O–H groups in total. The Morgan fingerprint density at radius 1 is 1.60 bits per heavy atom. The molecule has 0 amide bonds. The fourth-order valence-corrected chi connectivity index (χ4v) is 2.47. The number of nitro groups is 1. The lowest BCUT2D eigenvalue weighted by Gasteiger charge is -2.21. The first-order valence-corrected chi connectivity index (χ1v) is 6.44. The Balaban J connectivity index is 2.42. The molecule has 1 aliphatic heterocycles. The van der Waals surface area contributed by atoms with Crippen LogP contribution in [0.1, 0.15) is 6.42 Å². The van der Waals surface area contributed by atoms with E-state index in [2.05, 4.69) is 15.9 Å². The molecule has 1 saturated heterocycles. The van der Waals surface area contributed by atoms with Crippen molar-refractivity contribution in [1.82, 2.24) is 0 Å². The normalized spacial score (nSPS) is 22.1. The van der Waals surface area contributed by atoms with Gasteiger partial charge in [0.05, 0.1) is 9.40 Å². The van der Waals surface area contributed by atoms with Gasteiger partial charge in [0.25, 0.3) is 5.69 Å². The molecule has 2 rings (SSSR count). The van der Waals surface area contributed by atoms with Gasteiger partial charge in [-0.15, -0.1) is 0 Å². The van der Waals surface area contributed by atoms with Gasteiger partial charge in [-0.25, -0.2) is 4.39 Å². The number of rotatable bonds is 3. The van der Waals surface area contributed by atoms with Gasteiger partial charge in [-0.05, 0) is 22.4 Å². The third-order valence-corrected chi connectivity index (χ3v) is 3.89. The first-order valence-electron chi connectivity index (χ1n) is 5.65. The number of hydrogen-bond donors (Lipinski definition) is 2. The van der Waals surface area contributed by atoms with E-state index in [1.807, 2.05) is 0 Å². The summed E-state index contributed by atoms with van der Waals surface area (Å²) in [7, 11) is 0. The quantitative estimate of drug-likeness (QED) is 0.633. The molecule has 1 heterocycles. The molecule has 1 unspecified atom stereocenters. The minimum Gasteiger partial charge on any atom is -0.480 e. The highest BCUT2D eigenvalue weighted by Gasteiger charge is 2.42. The van der Waals surface area contributed by atoms with Crippen LogP contribution in [-0.4, -0.2) is 34.6 Å². The van der Waals surface area contributed by atoms with Crippen LogP contribution in [0.4, 0.5) is 15.8 Å². The van der Waals surface area contributed by atoms with Gasteiger partial charge in [0, 0.05) is 25.2 Å². The van der Waals surface area contributed by atoms with Crippen molar-refractivity contribution >= 4 is 33.3 Å². The molecule has 1 atom stereocenters. The number of hydrogen-bond acceptors (Lipinski definition) is 5. The van der Waals surface area contributed by atoms with Gasteiger partial charge in [-0.2, -0.15) is 0 Å². The van der Waals surface area contributed by atoms with Crippen LogP contribution in [0.2, 0.25) is 0 Å². The molecule has 1 fully saturated rings. The Morgan fingerprint density at radius 3 is 2.75 bits per heavy atom. The molecular formula is C11H11BrFN3O4. The van der Waals surface area contributed by atoms with Gasteiger partial charge in [-0.1, -0.05) is 0 Å². The summed E-state index contributed by atoms with van der Waals surface area (Å²) in [6.45, 7) is 0.106. The molecule has 9 heteroatoms. The highest BCUT2D eigenvalue weighted by atomic mass is 79.9. The van der Waals surface area contributed by atoms with Crippen LogP contribution in [0.25, 0.3) is 0 Å². The zero-order valence-corrected chi connectivity index (χ0v) is 11.8. The molecule has 108 valence electrons. The molecule has 0 aliphatic carbocycles. The smallest absolute Gasteiger partial charge is 0.325 e. The van der Waals surface area contributed by atoms with Crippen LogP contribution in [0, 0.1) is 15.9 Å². The van der Waals surface area contributed by atoms with Crippen molar-refractivity contribution in [3.63, 3.8) is 0 Å². The Morgan fingerprint density at radius 2 is 2.25 bits per heavy atom. The predicted octanol–water partition coefficient (Wildman–Crippen LogP) is 1.49. The number of carboxylic acid groups (broad SMARTS) is 1. The van der Waals surface area contributed by atoms with Gasteiger partial charge in [0.1, 0.15) is 17.0 Å². The second-order valence-corrected chi connectivity index (χ2v) is 5.50. The zero-order chi connectivity index (χ0) is 15.1. The van der Waals surface area contributed by atoms with E-state index in [0.717, 1.165) is 12.1 Å². The highest BCUT2D eigenvalue weighted by molar-refractivity contribution is 9.10. The molecule has 0 saturated carbocycles. The molecule has 20 heavy (non-hydrogen) atoms. The first-order chi connectivity index (χ1) is 9.24. The van der Waals surface area contributed by atoms with Gasteiger partial charge >= 0.3 is 5.97 Å². The molecule has 0 spiro atoms. The lowest BCUT2D eigenvalue weighted by molar-refractivity contribution is -0.384. The summed E-state index contributed by atoms with van der Waals surface area (Å²) in [6, 6.07) is 2.07. The Hall–Kier alpha value is -1.74. The molecule has 0 aromatic heterocycles. The van der Waals surface area contributed by atoms with Gasteiger partial charge in [0.2, 0.25) is 0 Å². The number of halogens is 2. The summed E-state index contributed by atoms with van der Waals surface area (Å²) >= 11 is 2.89. The van der Waals surface area contributed by atoms with Crippen LogP contribution in [-0.2, 0) is 4.79 Å². The van der Waals surface area contributed by atoms with Crippen LogP contribution in [0.15, 0.2) is 16.6 Å². The largest absolute Gasteiger partial charge is 0.480 e. The van der Waals surface area contributed by atoms with E-state index >= 15 is 0 Å². The first kappa shape index (κ1) is 14.7. The van der Waals surface area contributed by atoms with Crippen LogP contribution >= 0.6 is 15.9 Å². The summed E-state index contributed by atoms with van der Waals surface area (Å²) in [5, 5.41) is 20.1. The number of carboxylic acids is 1. The summed E-state index contributed by atoms with van der Waals surface area (Å²) in [6.07, 6.45) is 0.136. The number of aliphatic carboxylic acids is 1. The van der Waals surface area contributed by atoms with Crippen molar-refractivity contribution in [2.45, 2.75) is 12.0 Å². The Bertz CT molecular complexity index is 597. The molecule has 0 radical (unpaired) electrons. The second-order valence-electron chi connectivity index (χ2n) is 4.64. The average Bonchev–Trinajstić information content (AvgIpc) is 2.76. The Kier molecular flexibility index (Phi) is 3.65. The number of benzene rings is 1. The molecule has 1 aromatic carbocycles. The van der Waals surface area contributed by atoms with Crippen LogP contribution < -0.4 is 10.6 Å². The summed E-state index contributed by atoms with van der Waals surface area (Å²) < 4.78 is 13.6. The van der Waals surface area contributed by atoms with E-state index in [1.165, 1.54) is 4.90 Å². The van der Waals surface area contributed by atoms with Crippen molar-refractivity contribution in [1.29, 1.82) is 0 Å². The zero-order valence-electron chi connectivity index (χ0n) is 10.2. The van der Waals surface area contributed by atoms with Gasteiger partial charge in [-0.3, -0.25) is 14.9 Å². The third-order valence-electron chi connectivity index (χ3n) is 3.28. The maximum Gasteiger partial charge on any atom is 0.325 e. The standard InChI is InChI=1S/C11H11BrFN3O4/c12-6-3-9(16(19)20)8(4-7(6)13)15-2-1-11(14,5-15)10(17)18/h3-4H,1-2,5,14H2,(H,17,18). The lowest BCUT2D eigenvalue weighted by atomic mass is 10.0. The van der Waals surface area contributed by atoms with Crippen molar-refractivity contribution in [3.05, 3.63) is 32.5 Å². The fraction of sp³-hybridized carbons (Fsp3) is 0.364.